The molecule has 1 aromatic carbocycles. The first-order chi connectivity index (χ1) is 12.1. The summed E-state index contributed by atoms with van der Waals surface area (Å²) in [5, 5.41) is 3.69. The highest BCUT2D eigenvalue weighted by Crippen LogP contribution is 2.30. The minimum absolute atomic E-state index is 0.219. The van der Waals surface area contributed by atoms with Gasteiger partial charge in [0.2, 0.25) is 0 Å². The molecule has 0 saturated heterocycles. The molecule has 1 fully saturated rings. The summed E-state index contributed by atoms with van der Waals surface area (Å²) in [5.74, 6) is -0.640. The van der Waals surface area contributed by atoms with Gasteiger partial charge in [0.25, 0.3) is 5.91 Å². The summed E-state index contributed by atoms with van der Waals surface area (Å²) in [6.45, 7) is 1.63. The number of amides is 1. The highest BCUT2D eigenvalue weighted by Gasteiger charge is 2.29. The number of aryl methyl sites for hydroxylation is 1. The summed E-state index contributed by atoms with van der Waals surface area (Å²) >= 11 is 0. The fourth-order valence-corrected chi connectivity index (χ4v) is 3.42. The van der Waals surface area contributed by atoms with E-state index in [-0.39, 0.29) is 11.9 Å². The van der Waals surface area contributed by atoms with Gasteiger partial charge in [-0.05, 0) is 57.1 Å². The number of fused-ring (bicyclic) bond motifs is 2. The second-order valence-electron chi connectivity index (χ2n) is 6.97. The first kappa shape index (κ1) is 16.1. The Labute approximate surface area is 146 Å². The largest absolute Gasteiger partial charge is 0.449 e. The van der Waals surface area contributed by atoms with Gasteiger partial charge in [-0.25, -0.2) is 4.79 Å². The minimum Gasteiger partial charge on any atom is -0.449 e. The summed E-state index contributed by atoms with van der Waals surface area (Å²) < 4.78 is 5.52. The first-order valence-electron chi connectivity index (χ1n) is 9.05. The normalized spacial score (nSPS) is 17.6. The maximum atomic E-state index is 12.9. The standard InChI is InChI=1S/C20H22N2O3/c1-12(19(23)21-13-10-11-13)25-20(24)18-14-6-2-4-8-16(14)22-17-9-5-3-7-15(17)18/h2,4,6,8,12-13H,3,5,7,9-11H2,1H3,(H,21,23)/t12-/m0/s1. The molecule has 2 aromatic rings. The summed E-state index contributed by atoms with van der Waals surface area (Å²) in [6, 6.07) is 7.90. The molecule has 1 N–H and O–H groups in total. The van der Waals surface area contributed by atoms with E-state index in [4.69, 9.17) is 9.72 Å². The smallest absolute Gasteiger partial charge is 0.339 e. The Morgan fingerprint density at radius 3 is 2.76 bits per heavy atom. The van der Waals surface area contributed by atoms with E-state index in [1.165, 1.54) is 0 Å². The lowest BCUT2D eigenvalue weighted by Crippen LogP contribution is -2.37. The number of ether oxygens (including phenoxy) is 1. The minimum atomic E-state index is -0.792. The topological polar surface area (TPSA) is 68.3 Å². The predicted molar refractivity (Wildman–Crippen MR) is 94.4 cm³/mol. The van der Waals surface area contributed by atoms with Crippen molar-refractivity contribution in [2.24, 2.45) is 0 Å². The van der Waals surface area contributed by atoms with Crippen LogP contribution in [0.3, 0.4) is 0 Å². The highest BCUT2D eigenvalue weighted by molar-refractivity contribution is 6.05. The Kier molecular flexibility index (Phi) is 4.15. The lowest BCUT2D eigenvalue weighted by molar-refractivity contribution is -0.129. The SMILES string of the molecule is C[C@H](OC(=O)c1c2c(nc3ccccc13)CCCC2)C(=O)NC1CC1. The van der Waals surface area contributed by atoms with Crippen LogP contribution in [-0.4, -0.2) is 29.0 Å². The van der Waals surface area contributed by atoms with Crippen LogP contribution in [0.15, 0.2) is 24.3 Å². The van der Waals surface area contributed by atoms with Gasteiger partial charge in [0, 0.05) is 17.1 Å². The van der Waals surface area contributed by atoms with Crippen LogP contribution >= 0.6 is 0 Å². The third-order valence-electron chi connectivity index (χ3n) is 4.95. The van der Waals surface area contributed by atoms with Gasteiger partial charge in [-0.3, -0.25) is 9.78 Å². The average Bonchev–Trinajstić information content (AvgIpc) is 3.43. The van der Waals surface area contributed by atoms with E-state index in [2.05, 4.69) is 5.32 Å². The second kappa shape index (κ2) is 6.47. The number of nitrogens with zero attached hydrogens (tertiary/aromatic N) is 1. The van der Waals surface area contributed by atoms with Crippen molar-refractivity contribution in [3.05, 3.63) is 41.1 Å². The molecule has 1 atom stereocenters. The van der Waals surface area contributed by atoms with Crippen LogP contribution in [0.2, 0.25) is 0 Å². The maximum absolute atomic E-state index is 12.9. The molecule has 2 aliphatic carbocycles. The molecule has 0 aliphatic heterocycles. The number of nitrogens with one attached hydrogen (secondary N) is 1. The molecule has 0 unspecified atom stereocenters. The van der Waals surface area contributed by atoms with Gasteiger partial charge in [0.15, 0.2) is 6.10 Å². The van der Waals surface area contributed by atoms with E-state index in [1.807, 2.05) is 24.3 Å². The fourth-order valence-electron chi connectivity index (χ4n) is 3.42. The predicted octanol–water partition coefficient (Wildman–Crippen LogP) is 2.94. The molecular formula is C20H22N2O3. The fraction of sp³-hybridized carbons (Fsp3) is 0.450. The molecule has 2 aliphatic rings. The van der Waals surface area contributed by atoms with Crippen LogP contribution in [0, 0.1) is 0 Å². The van der Waals surface area contributed by atoms with E-state index in [0.717, 1.165) is 60.7 Å². The number of hydrogen-bond donors (Lipinski definition) is 1. The van der Waals surface area contributed by atoms with E-state index in [0.29, 0.717) is 5.56 Å². The van der Waals surface area contributed by atoms with Crippen molar-refractivity contribution in [1.82, 2.24) is 10.3 Å². The van der Waals surface area contributed by atoms with Gasteiger partial charge in [-0.15, -0.1) is 0 Å². The molecule has 1 heterocycles. The Morgan fingerprint density at radius 2 is 1.96 bits per heavy atom. The molecule has 0 radical (unpaired) electrons. The zero-order chi connectivity index (χ0) is 17.4. The van der Waals surface area contributed by atoms with E-state index in [9.17, 15) is 9.59 Å². The molecule has 4 rings (SSSR count). The number of pyridine rings is 1. The van der Waals surface area contributed by atoms with Crippen molar-refractivity contribution < 1.29 is 14.3 Å². The third-order valence-corrected chi connectivity index (χ3v) is 4.95. The summed E-state index contributed by atoms with van der Waals surface area (Å²) in [4.78, 5) is 29.8. The van der Waals surface area contributed by atoms with E-state index in [1.54, 1.807) is 6.92 Å². The first-order valence-corrected chi connectivity index (χ1v) is 9.05. The molecule has 5 nitrogen and oxygen atoms in total. The Bertz CT molecular complexity index is 842. The Balaban J connectivity index is 1.66. The van der Waals surface area contributed by atoms with E-state index < -0.39 is 12.1 Å². The number of para-hydroxylation sites is 1. The van der Waals surface area contributed by atoms with Crippen LogP contribution in [0.4, 0.5) is 0 Å². The number of hydrogen-bond acceptors (Lipinski definition) is 4. The van der Waals surface area contributed by atoms with Crippen molar-refractivity contribution in [2.75, 3.05) is 0 Å². The zero-order valence-electron chi connectivity index (χ0n) is 14.4. The molecule has 1 aromatic heterocycles. The molecule has 1 saturated carbocycles. The number of carbonyl (C=O) groups is 2. The van der Waals surface area contributed by atoms with Crippen LogP contribution in [0.25, 0.3) is 10.9 Å². The van der Waals surface area contributed by atoms with Crippen molar-refractivity contribution in [1.29, 1.82) is 0 Å². The van der Waals surface area contributed by atoms with Crippen LogP contribution in [0.5, 0.6) is 0 Å². The molecule has 130 valence electrons. The lowest BCUT2D eigenvalue weighted by atomic mass is 9.90. The molecule has 0 bridgehead atoms. The molecule has 0 spiro atoms. The molecule has 5 heteroatoms. The van der Waals surface area contributed by atoms with Gasteiger partial charge < -0.3 is 10.1 Å². The van der Waals surface area contributed by atoms with Crippen LogP contribution in [0.1, 0.15) is 54.2 Å². The van der Waals surface area contributed by atoms with Crippen molar-refractivity contribution in [3.63, 3.8) is 0 Å². The number of benzene rings is 1. The monoisotopic (exact) mass is 338 g/mol. The van der Waals surface area contributed by atoms with E-state index >= 15 is 0 Å². The molecule has 1 amide bonds. The van der Waals surface area contributed by atoms with Gasteiger partial charge in [0.05, 0.1) is 11.1 Å². The Morgan fingerprint density at radius 1 is 1.20 bits per heavy atom. The van der Waals surface area contributed by atoms with Crippen molar-refractivity contribution >= 4 is 22.8 Å². The molecule has 25 heavy (non-hydrogen) atoms. The van der Waals surface area contributed by atoms with Gasteiger partial charge in [0.1, 0.15) is 0 Å². The van der Waals surface area contributed by atoms with Crippen LogP contribution < -0.4 is 5.32 Å². The Hall–Kier alpha value is -2.43. The number of aromatic nitrogens is 1. The van der Waals surface area contributed by atoms with Crippen molar-refractivity contribution in [2.45, 2.75) is 57.6 Å². The van der Waals surface area contributed by atoms with Gasteiger partial charge in [-0.1, -0.05) is 18.2 Å². The summed E-state index contributed by atoms with van der Waals surface area (Å²) in [7, 11) is 0. The zero-order valence-corrected chi connectivity index (χ0v) is 14.4. The average molecular weight is 338 g/mol. The summed E-state index contributed by atoms with van der Waals surface area (Å²) in [6.07, 6.45) is 5.08. The number of carbonyl (C=O) groups excluding carboxylic acids is 2. The molecular weight excluding hydrogens is 316 g/mol. The number of esters is 1. The quantitative estimate of drug-likeness (QED) is 0.870. The van der Waals surface area contributed by atoms with Crippen LogP contribution in [-0.2, 0) is 22.4 Å². The summed E-state index contributed by atoms with van der Waals surface area (Å²) in [5.41, 5.74) is 3.38. The second-order valence-corrected chi connectivity index (χ2v) is 6.97. The van der Waals surface area contributed by atoms with Crippen molar-refractivity contribution in [3.8, 4) is 0 Å². The maximum Gasteiger partial charge on any atom is 0.339 e. The lowest BCUT2D eigenvalue weighted by Gasteiger charge is -2.21. The number of rotatable bonds is 4. The van der Waals surface area contributed by atoms with Gasteiger partial charge in [-0.2, -0.15) is 0 Å². The highest BCUT2D eigenvalue weighted by atomic mass is 16.5. The third kappa shape index (κ3) is 3.23. The van der Waals surface area contributed by atoms with Gasteiger partial charge >= 0.3 is 5.97 Å².